The zero-order valence-electron chi connectivity index (χ0n) is 31.4. The molecule has 8 rings (SSSR count). The normalized spacial score (nSPS) is 17.5. The Morgan fingerprint density at radius 3 is 2.32 bits per heavy atom. The molecule has 1 atom stereocenters. The smallest absolute Gasteiger partial charge is 0.322 e. The number of alkyl halides is 3. The van der Waals surface area contributed by atoms with Gasteiger partial charge in [-0.1, -0.05) is 18.1 Å². The van der Waals surface area contributed by atoms with Gasteiger partial charge in [0.05, 0.1) is 22.9 Å². The number of anilines is 1. The quantitative estimate of drug-likeness (QED) is 0.137. The average Bonchev–Trinajstić information content (AvgIpc) is 3.72. The number of amides is 5. The summed E-state index contributed by atoms with van der Waals surface area (Å²) in [5.41, 5.74) is 1.77. The van der Waals surface area contributed by atoms with Crippen LogP contribution in [-0.4, -0.2) is 91.1 Å². The number of nitrogens with one attached hydrogen (secondary N) is 2. The third-order valence-electron chi connectivity index (χ3n) is 10.6. The van der Waals surface area contributed by atoms with Gasteiger partial charge in [-0.2, -0.15) is 18.3 Å². The number of aromatic nitrogens is 3. The molecular weight excluding hydrogens is 773 g/mol. The summed E-state index contributed by atoms with van der Waals surface area (Å²) in [6.07, 6.45) is -1.60. The van der Waals surface area contributed by atoms with Crippen LogP contribution in [0.2, 0.25) is 0 Å². The highest BCUT2D eigenvalue weighted by Crippen LogP contribution is 2.35. The fourth-order valence-corrected chi connectivity index (χ4v) is 7.45. The number of rotatable bonds is 7. The number of carbonyl (C=O) groups is 5. The molecule has 3 aromatic carbocycles. The molecule has 0 aliphatic carbocycles. The maximum atomic E-state index is 15.3. The number of piperazine rings is 1. The van der Waals surface area contributed by atoms with Crippen LogP contribution in [0.15, 0.2) is 73.1 Å². The molecule has 2 aromatic heterocycles. The zero-order chi connectivity index (χ0) is 41.6. The Kier molecular flexibility index (Phi) is 10.3. The largest absolute Gasteiger partial charge is 0.416 e. The first-order valence-electron chi connectivity index (χ1n) is 18.6. The molecule has 13 nitrogen and oxygen atoms in total. The van der Waals surface area contributed by atoms with Crippen molar-refractivity contribution in [2.75, 3.05) is 31.5 Å². The molecule has 0 saturated carbocycles. The summed E-state index contributed by atoms with van der Waals surface area (Å²) in [4.78, 5) is 72.3. The van der Waals surface area contributed by atoms with Crippen molar-refractivity contribution in [3.8, 4) is 11.8 Å². The second-order valence-electron chi connectivity index (χ2n) is 14.5. The Balaban J connectivity index is 0.902. The molecule has 3 aliphatic rings. The van der Waals surface area contributed by atoms with E-state index in [9.17, 15) is 37.1 Å². The third-order valence-corrected chi connectivity index (χ3v) is 10.6. The van der Waals surface area contributed by atoms with Gasteiger partial charge in [-0.15, -0.1) is 0 Å². The fraction of sp³-hybridized carbons (Fsp3) is 0.262. The summed E-state index contributed by atoms with van der Waals surface area (Å²) in [7, 11) is 0. The lowest BCUT2D eigenvalue weighted by Gasteiger charge is -2.35. The second kappa shape index (κ2) is 15.5. The van der Waals surface area contributed by atoms with E-state index in [0.717, 1.165) is 22.6 Å². The van der Waals surface area contributed by atoms with E-state index < -0.39 is 53.1 Å². The molecule has 0 spiro atoms. The molecule has 17 heteroatoms. The van der Waals surface area contributed by atoms with Crippen molar-refractivity contribution in [1.29, 1.82) is 0 Å². The van der Waals surface area contributed by atoms with Gasteiger partial charge in [0.1, 0.15) is 17.6 Å². The maximum Gasteiger partial charge on any atom is 0.416 e. The van der Waals surface area contributed by atoms with Crippen molar-refractivity contribution < 1.29 is 41.5 Å². The highest BCUT2D eigenvalue weighted by Gasteiger charge is 2.45. The summed E-state index contributed by atoms with van der Waals surface area (Å²) in [5, 5.41) is 8.94. The summed E-state index contributed by atoms with van der Waals surface area (Å²) >= 11 is 0. The summed E-state index contributed by atoms with van der Waals surface area (Å²) in [6, 6.07) is 13.2. The van der Waals surface area contributed by atoms with Gasteiger partial charge in [0.25, 0.3) is 17.7 Å². The number of imide groups is 2. The van der Waals surface area contributed by atoms with Crippen LogP contribution in [-0.2, 0) is 28.9 Å². The van der Waals surface area contributed by atoms with E-state index in [-0.39, 0.29) is 59.4 Å². The van der Waals surface area contributed by atoms with Crippen molar-refractivity contribution in [2.24, 2.45) is 0 Å². The molecule has 5 aromatic rings. The maximum absolute atomic E-state index is 15.3. The number of fused-ring (bicyclic) bond motifs is 2. The first-order valence-corrected chi connectivity index (χ1v) is 18.6. The number of nitrogens with zero attached hydrogens (tertiary/aromatic N) is 6. The van der Waals surface area contributed by atoms with Crippen LogP contribution in [0, 0.1) is 24.6 Å². The third kappa shape index (κ3) is 7.92. The average molecular weight is 807 g/mol. The summed E-state index contributed by atoms with van der Waals surface area (Å²) in [5.74, 6) is 1.89. The lowest BCUT2D eigenvalue weighted by Crippen LogP contribution is -2.54. The van der Waals surface area contributed by atoms with Crippen LogP contribution in [0.5, 0.6) is 0 Å². The van der Waals surface area contributed by atoms with E-state index in [1.165, 1.54) is 18.2 Å². The molecule has 5 amide bonds. The molecule has 59 heavy (non-hydrogen) atoms. The predicted molar refractivity (Wildman–Crippen MR) is 203 cm³/mol. The van der Waals surface area contributed by atoms with Crippen molar-refractivity contribution in [2.45, 2.75) is 45.1 Å². The van der Waals surface area contributed by atoms with Gasteiger partial charge in [-0.3, -0.25) is 44.0 Å². The zero-order valence-corrected chi connectivity index (χ0v) is 31.4. The molecule has 300 valence electrons. The van der Waals surface area contributed by atoms with E-state index in [1.54, 1.807) is 47.2 Å². The highest BCUT2D eigenvalue weighted by molar-refractivity contribution is 6.23. The topological polar surface area (TPSA) is 149 Å². The number of halogens is 4. The van der Waals surface area contributed by atoms with Gasteiger partial charge in [-0.25, -0.2) is 13.9 Å². The highest BCUT2D eigenvalue weighted by atomic mass is 19.4. The molecule has 2 saturated heterocycles. The molecule has 0 radical (unpaired) electrons. The monoisotopic (exact) mass is 806 g/mol. The minimum atomic E-state index is -4.71. The lowest BCUT2D eigenvalue weighted by atomic mass is 10.0. The van der Waals surface area contributed by atoms with Gasteiger partial charge >= 0.3 is 6.18 Å². The molecule has 3 aliphatic heterocycles. The van der Waals surface area contributed by atoms with E-state index in [1.807, 2.05) is 16.7 Å². The lowest BCUT2D eigenvalue weighted by molar-refractivity contribution is -0.138. The fourth-order valence-electron chi connectivity index (χ4n) is 7.45. The minimum Gasteiger partial charge on any atom is -0.322 e. The van der Waals surface area contributed by atoms with Gasteiger partial charge in [0.2, 0.25) is 11.8 Å². The van der Waals surface area contributed by atoms with E-state index in [2.05, 4.69) is 32.6 Å². The Morgan fingerprint density at radius 1 is 0.898 bits per heavy atom. The van der Waals surface area contributed by atoms with Crippen LogP contribution in [0.3, 0.4) is 0 Å². The van der Waals surface area contributed by atoms with E-state index >= 15 is 4.39 Å². The summed E-state index contributed by atoms with van der Waals surface area (Å²) < 4.78 is 60.1. The van der Waals surface area contributed by atoms with Crippen LogP contribution < -0.4 is 10.6 Å². The number of imidazole rings is 1. The number of hydrogen-bond donors (Lipinski definition) is 2. The molecule has 2 N–H and O–H groups in total. The van der Waals surface area contributed by atoms with E-state index in [0.29, 0.717) is 43.1 Å². The first-order chi connectivity index (χ1) is 28.2. The minimum absolute atomic E-state index is 0.0205. The Hall–Kier alpha value is -6.77. The van der Waals surface area contributed by atoms with Crippen molar-refractivity contribution in [3.05, 3.63) is 129 Å². The SMILES string of the molecule is Cc1ccc(C(=O)Nc2ccc(CN3CCN(Cc4cc5c(cc4F)C(=O)N(C4CCC(=O)NC4=O)C5=O)CC3)c(C(F)(F)F)c2)cc1C#Cc1cnc2cccnn12. The number of hydrogen-bond acceptors (Lipinski definition) is 9. The first kappa shape index (κ1) is 39.1. The molecule has 5 heterocycles. The Morgan fingerprint density at radius 2 is 1.61 bits per heavy atom. The number of piperidine rings is 1. The van der Waals surface area contributed by atoms with Gasteiger partial charge in [0.15, 0.2) is 5.65 Å². The number of aryl methyl sites for hydroxylation is 1. The van der Waals surface area contributed by atoms with Crippen molar-refractivity contribution in [3.63, 3.8) is 0 Å². The number of benzene rings is 3. The van der Waals surface area contributed by atoms with Crippen LogP contribution in [0.25, 0.3) is 5.65 Å². The molecular formula is C42H34F4N8O5. The Labute approximate surface area is 334 Å². The Bertz CT molecular complexity index is 2640. The number of carbonyl (C=O) groups excluding carboxylic acids is 5. The molecule has 2 fully saturated rings. The molecule has 1 unspecified atom stereocenters. The van der Waals surface area contributed by atoms with Gasteiger partial charge in [-0.05, 0) is 78.9 Å². The van der Waals surface area contributed by atoms with Crippen LogP contribution in [0.4, 0.5) is 23.2 Å². The van der Waals surface area contributed by atoms with Crippen LogP contribution in [0.1, 0.15) is 77.4 Å². The standard InChI is InChI=1S/C42H34F4N8O5/c1-24-4-5-26(17-25(24)7-9-30-21-47-36-3-2-12-48-54(30)36)38(56)49-29-8-6-27(33(19-29)42(44,45)46)22-51-13-15-52(16-14-51)23-28-18-31-32(20-34(28)43)41(59)53(40(31)58)35-10-11-37(55)50-39(35)57/h2-6,8,12,17-21,35H,10-11,13-16,22-23H2,1H3,(H,49,56)(H,50,55,57). The second-order valence-corrected chi connectivity index (χ2v) is 14.5. The summed E-state index contributed by atoms with van der Waals surface area (Å²) in [6.45, 7) is 3.34. The van der Waals surface area contributed by atoms with E-state index in [4.69, 9.17) is 0 Å². The van der Waals surface area contributed by atoms with Gasteiger partial charge < -0.3 is 5.32 Å². The molecule has 0 bridgehead atoms. The van der Waals surface area contributed by atoms with Crippen molar-refractivity contribution in [1.82, 2.24) is 34.6 Å². The van der Waals surface area contributed by atoms with Crippen LogP contribution >= 0.6 is 0 Å². The van der Waals surface area contributed by atoms with Gasteiger partial charge in [0, 0.05) is 74.3 Å². The van der Waals surface area contributed by atoms with Crippen molar-refractivity contribution >= 4 is 40.9 Å². The predicted octanol–water partition coefficient (Wildman–Crippen LogP) is 4.57.